The molecule has 0 aliphatic heterocycles. The van der Waals surface area contributed by atoms with E-state index in [1.54, 1.807) is 0 Å². The van der Waals surface area contributed by atoms with E-state index in [0.717, 1.165) is 6.26 Å². The van der Waals surface area contributed by atoms with Crippen molar-refractivity contribution in [2.45, 2.75) is 0 Å². The van der Waals surface area contributed by atoms with Crippen LogP contribution in [0.2, 0.25) is 0 Å². The van der Waals surface area contributed by atoms with Gasteiger partial charge in [-0.05, 0) is 12.1 Å². The van der Waals surface area contributed by atoms with Crippen LogP contribution in [0.15, 0.2) is 24.3 Å². The Morgan fingerprint density at radius 2 is 1.94 bits per heavy atom. The Labute approximate surface area is 93.4 Å². The molecule has 0 saturated heterocycles. The normalized spacial score (nSPS) is 10.8. The van der Waals surface area contributed by atoms with Crippen molar-refractivity contribution in [1.82, 2.24) is 0 Å². The van der Waals surface area contributed by atoms with Gasteiger partial charge >= 0.3 is 0 Å². The second-order valence-electron chi connectivity index (χ2n) is 3.08. The van der Waals surface area contributed by atoms with Gasteiger partial charge < -0.3 is 0 Å². The van der Waals surface area contributed by atoms with Crippen LogP contribution in [0.5, 0.6) is 0 Å². The highest BCUT2D eigenvalue weighted by Gasteiger charge is 2.10. The Balaban J connectivity index is 2.71. The number of nitriles is 1. The molecule has 0 aromatic heterocycles. The Kier molecular flexibility index (Phi) is 3.77. The lowest BCUT2D eigenvalue weighted by Gasteiger charge is -2.00. The number of rotatable bonds is 4. The van der Waals surface area contributed by atoms with E-state index in [4.69, 9.17) is 5.26 Å². The second-order valence-corrected chi connectivity index (χ2v) is 4.72. The SMILES string of the molecule is CS(=O)(=O)OCC(=O)c1ccc(C#N)cc1. The molecule has 0 bridgehead atoms. The molecular weight excluding hydrogens is 230 g/mol. The molecule has 0 fully saturated rings. The first-order valence-electron chi connectivity index (χ1n) is 4.30. The maximum Gasteiger partial charge on any atom is 0.264 e. The van der Waals surface area contributed by atoms with E-state index in [9.17, 15) is 13.2 Å². The number of carbonyl (C=O) groups excluding carboxylic acids is 1. The molecule has 1 aromatic rings. The summed E-state index contributed by atoms with van der Waals surface area (Å²) >= 11 is 0. The molecule has 5 nitrogen and oxygen atoms in total. The Hall–Kier alpha value is -1.71. The lowest BCUT2D eigenvalue weighted by atomic mass is 10.1. The van der Waals surface area contributed by atoms with Gasteiger partial charge in [-0.1, -0.05) is 12.1 Å². The van der Waals surface area contributed by atoms with Gasteiger partial charge in [0.15, 0.2) is 5.78 Å². The van der Waals surface area contributed by atoms with Gasteiger partial charge in [-0.15, -0.1) is 0 Å². The third-order valence-electron chi connectivity index (χ3n) is 1.74. The van der Waals surface area contributed by atoms with Crippen molar-refractivity contribution >= 4 is 15.9 Å². The summed E-state index contributed by atoms with van der Waals surface area (Å²) < 4.78 is 25.7. The van der Waals surface area contributed by atoms with Crippen molar-refractivity contribution < 1.29 is 17.4 Å². The summed E-state index contributed by atoms with van der Waals surface area (Å²) in [6.45, 7) is -0.523. The van der Waals surface area contributed by atoms with E-state index >= 15 is 0 Å². The number of benzene rings is 1. The minimum absolute atomic E-state index is 0.308. The number of hydrogen-bond donors (Lipinski definition) is 0. The predicted octanol–water partition coefficient (Wildman–Crippen LogP) is 0.717. The van der Waals surface area contributed by atoms with E-state index in [1.165, 1.54) is 24.3 Å². The van der Waals surface area contributed by atoms with Crippen molar-refractivity contribution in [2.75, 3.05) is 12.9 Å². The van der Waals surface area contributed by atoms with Crippen LogP contribution < -0.4 is 0 Å². The maximum absolute atomic E-state index is 11.4. The molecule has 6 heteroatoms. The van der Waals surface area contributed by atoms with Crippen molar-refractivity contribution in [3.05, 3.63) is 35.4 Å². The van der Waals surface area contributed by atoms with Gasteiger partial charge in [0.25, 0.3) is 10.1 Å². The van der Waals surface area contributed by atoms with Crippen molar-refractivity contribution in [1.29, 1.82) is 5.26 Å². The Morgan fingerprint density at radius 1 is 1.38 bits per heavy atom. The molecule has 1 rings (SSSR count). The zero-order valence-corrected chi connectivity index (χ0v) is 9.32. The van der Waals surface area contributed by atoms with Crippen molar-refractivity contribution in [2.24, 2.45) is 0 Å². The first-order valence-corrected chi connectivity index (χ1v) is 6.12. The van der Waals surface area contributed by atoms with E-state index in [0.29, 0.717) is 11.1 Å². The van der Waals surface area contributed by atoms with Crippen LogP contribution in [0.4, 0.5) is 0 Å². The number of Topliss-reactive ketones (excluding diaryl/α,β-unsaturated/α-hetero) is 1. The molecule has 16 heavy (non-hydrogen) atoms. The summed E-state index contributed by atoms with van der Waals surface area (Å²) in [5, 5.41) is 8.54. The number of nitrogens with zero attached hydrogens (tertiary/aromatic N) is 1. The molecule has 84 valence electrons. The molecule has 1 aromatic carbocycles. The summed E-state index contributed by atoms with van der Waals surface area (Å²) in [7, 11) is -3.61. The van der Waals surface area contributed by atoms with Gasteiger partial charge in [-0.25, -0.2) is 0 Å². The fraction of sp³-hybridized carbons (Fsp3) is 0.200. The second kappa shape index (κ2) is 4.88. The lowest BCUT2D eigenvalue weighted by molar-refractivity contribution is 0.0925. The lowest BCUT2D eigenvalue weighted by Crippen LogP contribution is -2.13. The predicted molar refractivity (Wildman–Crippen MR) is 56.3 cm³/mol. The van der Waals surface area contributed by atoms with E-state index in [-0.39, 0.29) is 0 Å². The van der Waals surface area contributed by atoms with Gasteiger partial charge in [0.2, 0.25) is 0 Å². The molecular formula is C10H9NO4S. The molecule has 0 unspecified atom stereocenters. The monoisotopic (exact) mass is 239 g/mol. The first-order chi connectivity index (χ1) is 7.42. The van der Waals surface area contributed by atoms with Crippen molar-refractivity contribution in [3.63, 3.8) is 0 Å². The van der Waals surface area contributed by atoms with E-state index < -0.39 is 22.5 Å². The van der Waals surface area contributed by atoms with Crippen LogP contribution in [-0.4, -0.2) is 27.1 Å². The summed E-state index contributed by atoms with van der Waals surface area (Å²) in [5.41, 5.74) is 0.739. The van der Waals surface area contributed by atoms with Crippen LogP contribution >= 0.6 is 0 Å². The smallest absolute Gasteiger partial charge is 0.264 e. The summed E-state index contributed by atoms with van der Waals surface area (Å²) in [6, 6.07) is 7.77. The number of ketones is 1. The molecule has 0 spiro atoms. The highest BCUT2D eigenvalue weighted by molar-refractivity contribution is 7.86. The highest BCUT2D eigenvalue weighted by Crippen LogP contribution is 2.05. The van der Waals surface area contributed by atoms with Gasteiger partial charge in [0.05, 0.1) is 17.9 Å². The third-order valence-corrected chi connectivity index (χ3v) is 2.29. The van der Waals surface area contributed by atoms with Gasteiger partial charge in [0.1, 0.15) is 6.61 Å². The largest absolute Gasteiger partial charge is 0.291 e. The van der Waals surface area contributed by atoms with Gasteiger partial charge in [-0.2, -0.15) is 13.7 Å². The zero-order chi connectivity index (χ0) is 12.2. The molecule has 0 radical (unpaired) electrons. The zero-order valence-electron chi connectivity index (χ0n) is 8.50. The molecule has 0 atom stereocenters. The van der Waals surface area contributed by atoms with Crippen LogP contribution in [0.25, 0.3) is 0 Å². The average molecular weight is 239 g/mol. The standard InChI is InChI=1S/C10H9NO4S/c1-16(13,14)15-7-10(12)9-4-2-8(6-11)3-5-9/h2-5H,7H2,1H3. The van der Waals surface area contributed by atoms with E-state index in [1.807, 2.05) is 6.07 Å². The Morgan fingerprint density at radius 3 is 2.38 bits per heavy atom. The third kappa shape index (κ3) is 3.81. The fourth-order valence-electron chi connectivity index (χ4n) is 0.975. The van der Waals surface area contributed by atoms with Crippen LogP contribution in [0, 0.1) is 11.3 Å². The summed E-state index contributed by atoms with van der Waals surface area (Å²) in [6.07, 6.45) is 0.874. The summed E-state index contributed by atoms with van der Waals surface area (Å²) in [5.74, 6) is -0.449. The molecule has 0 amide bonds. The molecule has 0 heterocycles. The topological polar surface area (TPSA) is 84.2 Å². The molecule has 0 aliphatic rings. The van der Waals surface area contributed by atoms with Crippen molar-refractivity contribution in [3.8, 4) is 6.07 Å². The highest BCUT2D eigenvalue weighted by atomic mass is 32.2. The molecule has 0 N–H and O–H groups in total. The minimum Gasteiger partial charge on any atom is -0.291 e. The number of carbonyl (C=O) groups is 1. The van der Waals surface area contributed by atoms with E-state index in [2.05, 4.69) is 4.18 Å². The van der Waals surface area contributed by atoms with Crippen LogP contribution in [-0.2, 0) is 14.3 Å². The molecule has 0 saturated carbocycles. The number of hydrogen-bond acceptors (Lipinski definition) is 5. The van der Waals surface area contributed by atoms with Crippen LogP contribution in [0.1, 0.15) is 15.9 Å². The van der Waals surface area contributed by atoms with Gasteiger partial charge in [0, 0.05) is 5.56 Å². The average Bonchev–Trinajstić information content (AvgIpc) is 2.25. The van der Waals surface area contributed by atoms with Crippen LogP contribution in [0.3, 0.4) is 0 Å². The maximum atomic E-state index is 11.4. The fourth-order valence-corrected chi connectivity index (χ4v) is 1.30. The summed E-state index contributed by atoms with van der Waals surface area (Å²) in [4.78, 5) is 11.4. The molecule has 0 aliphatic carbocycles. The first kappa shape index (κ1) is 12.4. The Bertz CT molecular complexity index is 525. The minimum atomic E-state index is -3.61. The van der Waals surface area contributed by atoms with Gasteiger partial charge in [-0.3, -0.25) is 8.98 Å². The quantitative estimate of drug-likeness (QED) is 0.571.